The van der Waals surface area contributed by atoms with Gasteiger partial charge in [-0.25, -0.2) is 0 Å². The molecule has 59 valence electrons. The van der Waals surface area contributed by atoms with Crippen molar-refractivity contribution in [1.29, 1.82) is 0 Å². The topological polar surface area (TPSA) is 18.5 Å². The first-order valence-electron chi connectivity index (χ1n) is 3.36. The molecule has 0 amide bonds. The van der Waals surface area contributed by atoms with Gasteiger partial charge in [0.25, 0.3) is 0 Å². The van der Waals surface area contributed by atoms with Crippen molar-refractivity contribution in [1.82, 2.24) is 0 Å². The van der Waals surface area contributed by atoms with E-state index in [4.69, 9.17) is 8.13 Å². The van der Waals surface area contributed by atoms with E-state index in [1.807, 2.05) is 30.3 Å². The van der Waals surface area contributed by atoms with Gasteiger partial charge >= 0.3 is 77.6 Å². The Labute approximate surface area is 77.9 Å². The van der Waals surface area contributed by atoms with E-state index >= 15 is 0 Å². The third-order valence-corrected chi connectivity index (χ3v) is 1.59. The predicted octanol–water partition coefficient (Wildman–Crippen LogP) is 1.54. The molecule has 1 aromatic rings. The maximum absolute atomic E-state index is 5.32. The molecule has 0 aliphatic carbocycles. The van der Waals surface area contributed by atoms with Gasteiger partial charge in [-0.05, 0) is 0 Å². The van der Waals surface area contributed by atoms with Crippen LogP contribution in [0, 0.1) is 0 Å². The predicted molar refractivity (Wildman–Crippen MR) is 37.9 cm³/mol. The van der Waals surface area contributed by atoms with Crippen LogP contribution in [0.1, 0.15) is 0 Å². The number of ether oxygens (including phenoxy) is 1. The zero-order chi connectivity index (χ0) is 7.94. The summed E-state index contributed by atoms with van der Waals surface area (Å²) >= 11 is 1.60. The quantitative estimate of drug-likeness (QED) is 0.580. The fourth-order valence-electron chi connectivity index (χ4n) is 0.710. The van der Waals surface area contributed by atoms with Gasteiger partial charge in [0.2, 0.25) is 0 Å². The molecule has 0 heterocycles. The molecule has 1 rings (SSSR count). The van der Waals surface area contributed by atoms with E-state index in [2.05, 4.69) is 0 Å². The van der Waals surface area contributed by atoms with Crippen molar-refractivity contribution in [2.75, 3.05) is 13.2 Å². The monoisotopic (exact) mass is 235 g/mol. The molecule has 0 aromatic heterocycles. The van der Waals surface area contributed by atoms with Gasteiger partial charge in [0.15, 0.2) is 0 Å². The molecule has 0 fully saturated rings. The summed E-state index contributed by atoms with van der Waals surface area (Å²) in [6.45, 7) is 1.25. The summed E-state index contributed by atoms with van der Waals surface area (Å²) in [5, 5.41) is 0. The second-order valence-electron chi connectivity index (χ2n) is 1.98. The van der Waals surface area contributed by atoms with Crippen molar-refractivity contribution in [2.45, 2.75) is 0 Å². The Bertz CT molecular complexity index is 189. The number of hydrogen-bond donors (Lipinski definition) is 0. The van der Waals surface area contributed by atoms with Crippen molar-refractivity contribution >= 4 is 0 Å². The Hall–Kier alpha value is -0.332. The van der Waals surface area contributed by atoms with Gasteiger partial charge in [0.05, 0.1) is 0 Å². The molecule has 0 unspecified atom stereocenters. The first-order valence-corrected chi connectivity index (χ1v) is 4.18. The van der Waals surface area contributed by atoms with Crippen LogP contribution >= 0.6 is 0 Å². The normalized spacial score (nSPS) is 9.45. The Kier molecular flexibility index (Phi) is 4.25. The Morgan fingerprint density at radius 2 is 1.82 bits per heavy atom. The molecule has 0 saturated carbocycles. The number of benzene rings is 1. The first kappa shape index (κ1) is 8.76. The number of para-hydroxylation sites is 1. The van der Waals surface area contributed by atoms with E-state index in [9.17, 15) is 0 Å². The average molecular weight is 233 g/mol. The summed E-state index contributed by atoms with van der Waals surface area (Å²) in [4.78, 5) is 0. The molecule has 0 atom stereocenters. The number of hydrogen-bond acceptors (Lipinski definition) is 2. The van der Waals surface area contributed by atoms with Crippen molar-refractivity contribution in [3.05, 3.63) is 30.3 Å². The van der Waals surface area contributed by atoms with Gasteiger partial charge in [-0.15, -0.1) is 0 Å². The van der Waals surface area contributed by atoms with Crippen molar-refractivity contribution in [2.24, 2.45) is 0 Å². The Balaban J connectivity index is 2.28. The van der Waals surface area contributed by atoms with Gasteiger partial charge in [0, 0.05) is 0 Å². The van der Waals surface area contributed by atoms with Crippen LogP contribution in [0.2, 0.25) is 0 Å². The zero-order valence-electron chi connectivity index (χ0n) is 6.03. The van der Waals surface area contributed by atoms with E-state index in [0.717, 1.165) is 5.75 Å². The molecular formula is C8H9MoO2. The maximum atomic E-state index is 5.32. The van der Waals surface area contributed by atoms with Gasteiger partial charge in [-0.2, -0.15) is 0 Å². The van der Waals surface area contributed by atoms with Crippen LogP contribution in [0.15, 0.2) is 30.3 Å². The minimum absolute atomic E-state index is 0.614. The fourth-order valence-corrected chi connectivity index (χ4v) is 0.878. The molecule has 0 spiro atoms. The molecule has 3 heteroatoms. The molecule has 0 saturated heterocycles. The summed E-state index contributed by atoms with van der Waals surface area (Å²) in [5.74, 6) is 0.894. The van der Waals surface area contributed by atoms with E-state index in [1.165, 1.54) is 0 Å². The van der Waals surface area contributed by atoms with Crippen LogP contribution in [0.25, 0.3) is 0 Å². The van der Waals surface area contributed by atoms with Crippen molar-refractivity contribution < 1.29 is 28.3 Å². The van der Waals surface area contributed by atoms with Gasteiger partial charge in [0.1, 0.15) is 0 Å². The summed E-state index contributed by atoms with van der Waals surface area (Å²) < 4.78 is 10.2. The van der Waals surface area contributed by atoms with Crippen LogP contribution in [0.4, 0.5) is 0 Å². The molecule has 0 aliphatic heterocycles. The molecule has 0 N–H and O–H groups in total. The van der Waals surface area contributed by atoms with E-state index < -0.39 is 0 Å². The first-order chi connectivity index (χ1) is 5.43. The van der Waals surface area contributed by atoms with Crippen LogP contribution in [-0.4, -0.2) is 13.2 Å². The van der Waals surface area contributed by atoms with Gasteiger partial charge in [-0.1, -0.05) is 0 Å². The second kappa shape index (κ2) is 5.34. The Morgan fingerprint density at radius 1 is 1.09 bits per heavy atom. The Morgan fingerprint density at radius 3 is 2.45 bits per heavy atom. The molecule has 0 radical (unpaired) electrons. The minimum atomic E-state index is 0.614. The zero-order valence-corrected chi connectivity index (χ0v) is 8.03. The van der Waals surface area contributed by atoms with Crippen molar-refractivity contribution in [3.8, 4) is 5.75 Å². The summed E-state index contributed by atoms with van der Waals surface area (Å²) in [6, 6.07) is 9.71. The standard InChI is InChI=1S/C8H9O2.Mo/c9-6-7-10-8-4-2-1-3-5-8;/h1-5H,6-7H2;/q-1;+1. The molecular weight excluding hydrogens is 224 g/mol. The van der Waals surface area contributed by atoms with Crippen LogP contribution < -0.4 is 4.74 Å². The third kappa shape index (κ3) is 3.54. The molecule has 1 aromatic carbocycles. The second-order valence-corrected chi connectivity index (χ2v) is 2.56. The number of rotatable bonds is 4. The van der Waals surface area contributed by atoms with Gasteiger partial charge < -0.3 is 0 Å². The fraction of sp³-hybridized carbons (Fsp3) is 0.250. The summed E-state index contributed by atoms with van der Waals surface area (Å²) in [5.41, 5.74) is 0. The van der Waals surface area contributed by atoms with E-state index in [1.54, 1.807) is 20.2 Å². The van der Waals surface area contributed by atoms with Crippen LogP contribution in [0.3, 0.4) is 0 Å². The SMILES string of the molecule is [Mo][O]CCOc1ccccc1. The summed E-state index contributed by atoms with van der Waals surface area (Å²) in [6.07, 6.45) is 0. The molecule has 0 bridgehead atoms. The van der Waals surface area contributed by atoms with Crippen LogP contribution in [0.5, 0.6) is 5.75 Å². The molecule has 11 heavy (non-hydrogen) atoms. The third-order valence-electron chi connectivity index (χ3n) is 1.18. The van der Waals surface area contributed by atoms with Crippen LogP contribution in [-0.2, 0) is 23.6 Å². The molecule has 2 nitrogen and oxygen atoms in total. The van der Waals surface area contributed by atoms with Crippen molar-refractivity contribution in [3.63, 3.8) is 0 Å². The van der Waals surface area contributed by atoms with E-state index in [0.29, 0.717) is 13.2 Å². The summed E-state index contributed by atoms with van der Waals surface area (Å²) in [7, 11) is 0. The van der Waals surface area contributed by atoms with E-state index in [-0.39, 0.29) is 0 Å². The van der Waals surface area contributed by atoms with Gasteiger partial charge in [-0.3, -0.25) is 0 Å². The molecule has 0 aliphatic rings. The average Bonchev–Trinajstić information content (AvgIpc) is 2.07.